The summed E-state index contributed by atoms with van der Waals surface area (Å²) in [7, 11) is 1.82. The van der Waals surface area contributed by atoms with Crippen molar-refractivity contribution in [3.05, 3.63) is 45.7 Å². The van der Waals surface area contributed by atoms with Gasteiger partial charge in [0.25, 0.3) is 0 Å². The first-order chi connectivity index (χ1) is 15.8. The van der Waals surface area contributed by atoms with Crippen molar-refractivity contribution < 1.29 is 14.3 Å². The van der Waals surface area contributed by atoms with Gasteiger partial charge in [-0.1, -0.05) is 28.9 Å². The molecule has 0 bridgehead atoms. The van der Waals surface area contributed by atoms with Crippen LogP contribution in [0.25, 0.3) is 0 Å². The lowest BCUT2D eigenvalue weighted by molar-refractivity contribution is -0.140. The molecule has 2 saturated heterocycles. The molecular formula is C28H43NO3S. The normalized spacial score (nSPS) is 27.8. The van der Waals surface area contributed by atoms with Crippen molar-refractivity contribution in [2.24, 2.45) is 0 Å². The Morgan fingerprint density at radius 2 is 1.91 bits per heavy atom. The zero-order chi connectivity index (χ0) is 24.0. The van der Waals surface area contributed by atoms with Crippen LogP contribution >= 0.6 is 11.8 Å². The molecule has 3 aliphatic heterocycles. The van der Waals surface area contributed by atoms with Crippen LogP contribution in [0.3, 0.4) is 0 Å². The van der Waals surface area contributed by atoms with E-state index in [0.717, 1.165) is 61.4 Å². The zero-order valence-electron chi connectivity index (χ0n) is 21.5. The molecule has 184 valence electrons. The minimum atomic E-state index is -0.176. The van der Waals surface area contributed by atoms with E-state index in [2.05, 4.69) is 44.7 Å². The Bertz CT molecular complexity index is 834. The van der Waals surface area contributed by atoms with Crippen LogP contribution in [-0.4, -0.2) is 54.3 Å². The highest BCUT2D eigenvalue weighted by molar-refractivity contribution is 7.99. The average Bonchev–Trinajstić information content (AvgIpc) is 3.33. The van der Waals surface area contributed by atoms with E-state index in [1.807, 2.05) is 25.8 Å². The number of hydrogen-bond acceptors (Lipinski definition) is 5. The fraction of sp³-hybridized carbons (Fsp3) is 0.679. The van der Waals surface area contributed by atoms with Gasteiger partial charge in [0.15, 0.2) is 0 Å². The summed E-state index contributed by atoms with van der Waals surface area (Å²) in [5.41, 5.74) is 7.50. The Morgan fingerprint density at radius 1 is 1.15 bits per heavy atom. The Morgan fingerprint density at radius 3 is 2.64 bits per heavy atom. The molecule has 0 aromatic carbocycles. The molecule has 3 unspecified atom stereocenters. The number of allylic oxidation sites excluding steroid dienone is 5. The summed E-state index contributed by atoms with van der Waals surface area (Å²) in [5.74, 6) is 1.90. The van der Waals surface area contributed by atoms with E-state index in [1.54, 1.807) is 0 Å². The second-order valence-corrected chi connectivity index (χ2v) is 11.1. The maximum Gasteiger partial charge on any atom is 0.336 e. The minimum Gasteiger partial charge on any atom is -0.452 e. The van der Waals surface area contributed by atoms with E-state index in [0.29, 0.717) is 6.04 Å². The summed E-state index contributed by atoms with van der Waals surface area (Å²) in [6, 6.07) is 0.500. The molecule has 3 aliphatic rings. The summed E-state index contributed by atoms with van der Waals surface area (Å²) in [6.45, 7) is 11.8. The van der Waals surface area contributed by atoms with E-state index < -0.39 is 0 Å². The van der Waals surface area contributed by atoms with Crippen molar-refractivity contribution in [1.82, 2.24) is 4.90 Å². The molecule has 0 aromatic rings. The molecule has 33 heavy (non-hydrogen) atoms. The first-order valence-corrected chi connectivity index (χ1v) is 13.7. The van der Waals surface area contributed by atoms with Crippen LogP contribution in [0, 0.1) is 0 Å². The fourth-order valence-corrected chi connectivity index (χ4v) is 6.58. The largest absolute Gasteiger partial charge is 0.452 e. The number of hydrogen-bond donors (Lipinski definition) is 0. The Balaban J connectivity index is 1.78. The van der Waals surface area contributed by atoms with Gasteiger partial charge >= 0.3 is 5.97 Å². The fourth-order valence-electron chi connectivity index (χ4n) is 5.27. The highest BCUT2D eigenvalue weighted by Gasteiger charge is 2.41. The third kappa shape index (κ3) is 6.79. The van der Waals surface area contributed by atoms with E-state index in [-0.39, 0.29) is 18.2 Å². The monoisotopic (exact) mass is 473 g/mol. The summed E-state index contributed by atoms with van der Waals surface area (Å²) >= 11 is 1.99. The molecule has 5 heteroatoms. The molecule has 2 fully saturated rings. The highest BCUT2D eigenvalue weighted by atomic mass is 32.2. The number of nitrogens with zero attached hydrogens (tertiary/aromatic N) is 1. The van der Waals surface area contributed by atoms with Crippen LogP contribution in [0.15, 0.2) is 45.7 Å². The number of rotatable bonds is 7. The molecule has 0 spiro atoms. The molecule has 0 aromatic heterocycles. The molecule has 0 N–H and O–H groups in total. The second-order valence-electron chi connectivity index (χ2n) is 10.1. The molecule has 3 rings (SSSR count). The van der Waals surface area contributed by atoms with Gasteiger partial charge in [-0.2, -0.15) is 11.8 Å². The summed E-state index contributed by atoms with van der Waals surface area (Å²) in [6.07, 6.45) is 12.0. The van der Waals surface area contributed by atoms with Gasteiger partial charge in [-0.05, 0) is 78.7 Å². The summed E-state index contributed by atoms with van der Waals surface area (Å²) in [5, 5.41) is 0. The van der Waals surface area contributed by atoms with Gasteiger partial charge in [0.2, 0.25) is 0 Å². The average molecular weight is 474 g/mol. The third-order valence-corrected chi connectivity index (χ3v) is 8.40. The molecule has 3 heterocycles. The van der Waals surface area contributed by atoms with Crippen molar-refractivity contribution >= 4 is 17.7 Å². The van der Waals surface area contributed by atoms with Crippen LogP contribution in [-0.2, 0) is 14.3 Å². The van der Waals surface area contributed by atoms with Gasteiger partial charge in [-0.25, -0.2) is 4.79 Å². The lowest BCUT2D eigenvalue weighted by Crippen LogP contribution is -2.37. The maximum atomic E-state index is 12.6. The van der Waals surface area contributed by atoms with Crippen LogP contribution in [0.1, 0.15) is 79.6 Å². The van der Waals surface area contributed by atoms with Crippen molar-refractivity contribution in [3.63, 3.8) is 0 Å². The zero-order valence-corrected chi connectivity index (χ0v) is 22.4. The molecular weight excluding hydrogens is 430 g/mol. The first-order valence-electron chi connectivity index (χ1n) is 12.6. The molecule has 0 aliphatic carbocycles. The number of esters is 1. The van der Waals surface area contributed by atoms with Gasteiger partial charge in [0, 0.05) is 37.6 Å². The minimum absolute atomic E-state index is 0.0755. The molecule has 3 atom stereocenters. The van der Waals surface area contributed by atoms with E-state index in [1.165, 1.54) is 35.1 Å². The molecule has 0 radical (unpaired) electrons. The van der Waals surface area contributed by atoms with Crippen molar-refractivity contribution in [2.75, 3.05) is 25.2 Å². The summed E-state index contributed by atoms with van der Waals surface area (Å²) in [4.78, 5) is 15.0. The SMILES string of the molecule is COC1CSCC2CCCN2C2=C(C)C(=O)OC2C/C1=C(\C)CC/C=C(\C)CCC=C(C)C. The van der Waals surface area contributed by atoms with Crippen LogP contribution in [0.2, 0.25) is 0 Å². The quantitative estimate of drug-likeness (QED) is 0.308. The Kier molecular flexibility index (Phi) is 9.75. The van der Waals surface area contributed by atoms with Crippen LogP contribution in [0.5, 0.6) is 0 Å². The first kappa shape index (κ1) is 26.2. The lowest BCUT2D eigenvalue weighted by atomic mass is 9.93. The molecule has 0 amide bonds. The standard InChI is InChI=1S/C28H43NO3S/c1-19(2)10-7-11-20(3)12-8-13-21(4)24-16-25-27(22(5)28(30)32-25)29-15-9-14-23(29)17-33-18-26(24)31-6/h10,12,23,25-26H,7-9,11,13-18H2,1-6H3/b20-12+,24-21-. The van der Waals surface area contributed by atoms with Gasteiger partial charge in [0.1, 0.15) is 6.10 Å². The predicted octanol–water partition coefficient (Wildman–Crippen LogP) is 6.59. The van der Waals surface area contributed by atoms with E-state index in [9.17, 15) is 4.79 Å². The summed E-state index contributed by atoms with van der Waals surface area (Å²) < 4.78 is 11.9. The number of methoxy groups -OCH3 is 1. The number of ether oxygens (including phenoxy) is 2. The predicted molar refractivity (Wildman–Crippen MR) is 139 cm³/mol. The van der Waals surface area contributed by atoms with E-state index in [4.69, 9.17) is 9.47 Å². The van der Waals surface area contributed by atoms with Crippen molar-refractivity contribution in [2.45, 2.75) is 97.8 Å². The van der Waals surface area contributed by atoms with Gasteiger partial charge in [0.05, 0.1) is 17.4 Å². The van der Waals surface area contributed by atoms with Gasteiger partial charge < -0.3 is 14.4 Å². The second kappa shape index (κ2) is 12.3. The van der Waals surface area contributed by atoms with Crippen molar-refractivity contribution in [1.29, 1.82) is 0 Å². The molecule has 0 saturated carbocycles. The Hall–Kier alpha value is -1.46. The van der Waals surface area contributed by atoms with Crippen LogP contribution < -0.4 is 0 Å². The van der Waals surface area contributed by atoms with Crippen LogP contribution in [0.4, 0.5) is 0 Å². The number of carbonyl (C=O) groups excluding carboxylic acids is 1. The number of fused-ring (bicyclic) bond motifs is 3. The van der Waals surface area contributed by atoms with Gasteiger partial charge in [-0.3, -0.25) is 0 Å². The smallest absolute Gasteiger partial charge is 0.336 e. The Labute approximate surface area is 205 Å². The third-order valence-electron chi connectivity index (χ3n) is 7.24. The topological polar surface area (TPSA) is 38.8 Å². The number of thioether (sulfide) groups is 1. The number of carbonyl (C=O) groups is 1. The highest BCUT2D eigenvalue weighted by Crippen LogP contribution is 2.38. The molecule has 4 nitrogen and oxygen atoms in total. The van der Waals surface area contributed by atoms with Crippen molar-refractivity contribution in [3.8, 4) is 0 Å². The van der Waals surface area contributed by atoms with Gasteiger partial charge in [-0.15, -0.1) is 0 Å². The maximum absolute atomic E-state index is 12.6. The van der Waals surface area contributed by atoms with E-state index >= 15 is 0 Å². The lowest BCUT2D eigenvalue weighted by Gasteiger charge is -2.34.